The Kier molecular flexibility index (Phi) is 12.0. The van der Waals surface area contributed by atoms with Gasteiger partial charge in [-0.25, -0.2) is 0 Å². The Balaban J connectivity index is 2.50. The SMILES string of the molecule is CCCC[C@H](C)C[C@H](O)/C=C/[C@@H]1[C@@H](C/C=C\CCCC(=O)O)[C@H](Cl)C[C@H]1O. The molecule has 0 amide bonds. The molecule has 1 fully saturated rings. The second kappa shape index (κ2) is 13.4. The highest BCUT2D eigenvalue weighted by molar-refractivity contribution is 6.21. The van der Waals surface area contributed by atoms with Gasteiger partial charge in [0.1, 0.15) is 0 Å². The zero-order valence-corrected chi connectivity index (χ0v) is 17.5. The molecule has 1 rings (SSSR count). The van der Waals surface area contributed by atoms with E-state index in [4.69, 9.17) is 16.7 Å². The largest absolute Gasteiger partial charge is 0.481 e. The number of carboxylic acids is 1. The Bertz CT molecular complexity index is 477. The summed E-state index contributed by atoms with van der Waals surface area (Å²) in [5.74, 6) is -0.186. The van der Waals surface area contributed by atoms with Crippen molar-refractivity contribution in [2.24, 2.45) is 17.8 Å². The van der Waals surface area contributed by atoms with Crippen molar-refractivity contribution >= 4 is 17.6 Å². The number of unbranched alkanes of at least 4 members (excludes halogenated alkanes) is 2. The Morgan fingerprint density at radius 2 is 2.04 bits per heavy atom. The zero-order chi connectivity index (χ0) is 20.2. The van der Waals surface area contributed by atoms with Crippen molar-refractivity contribution in [2.75, 3.05) is 0 Å². The van der Waals surface area contributed by atoms with Crippen molar-refractivity contribution in [1.82, 2.24) is 0 Å². The van der Waals surface area contributed by atoms with Crippen LogP contribution in [-0.4, -0.2) is 38.9 Å². The summed E-state index contributed by atoms with van der Waals surface area (Å²) in [6.07, 6.45) is 14.0. The fourth-order valence-corrected chi connectivity index (χ4v) is 4.28. The first kappa shape index (κ1) is 24.2. The highest BCUT2D eigenvalue weighted by atomic mass is 35.5. The van der Waals surface area contributed by atoms with Gasteiger partial charge in [-0.15, -0.1) is 11.6 Å². The number of halogens is 1. The summed E-state index contributed by atoms with van der Waals surface area (Å²) in [7, 11) is 0. The quantitative estimate of drug-likeness (QED) is 0.233. The van der Waals surface area contributed by atoms with Crippen molar-refractivity contribution in [3.05, 3.63) is 24.3 Å². The fraction of sp³-hybridized carbons (Fsp3) is 0.773. The topological polar surface area (TPSA) is 77.8 Å². The predicted octanol–water partition coefficient (Wildman–Crippen LogP) is 4.93. The third-order valence-electron chi connectivity index (χ3n) is 5.46. The van der Waals surface area contributed by atoms with Gasteiger partial charge in [-0.2, -0.15) is 0 Å². The van der Waals surface area contributed by atoms with Gasteiger partial charge in [0.15, 0.2) is 0 Å². The second-order valence-corrected chi connectivity index (χ2v) is 8.55. The molecular weight excluding hydrogens is 364 g/mol. The average Bonchev–Trinajstić information content (AvgIpc) is 2.87. The summed E-state index contributed by atoms with van der Waals surface area (Å²) in [5, 5.41) is 29.2. The Morgan fingerprint density at radius 1 is 1.30 bits per heavy atom. The molecule has 0 spiro atoms. The number of aliphatic carboxylic acids is 1. The minimum absolute atomic E-state index is 0.0447. The molecule has 5 heteroatoms. The highest BCUT2D eigenvalue weighted by Crippen LogP contribution is 2.39. The summed E-state index contributed by atoms with van der Waals surface area (Å²) < 4.78 is 0. The number of hydrogen-bond donors (Lipinski definition) is 3. The van der Waals surface area contributed by atoms with E-state index in [0.29, 0.717) is 18.8 Å². The molecule has 0 saturated heterocycles. The lowest BCUT2D eigenvalue weighted by molar-refractivity contribution is -0.137. The van der Waals surface area contributed by atoms with E-state index in [0.717, 1.165) is 25.7 Å². The third kappa shape index (κ3) is 9.77. The number of allylic oxidation sites excluding steroid dienone is 2. The molecular formula is C22H37ClO4. The molecule has 1 aliphatic rings. The maximum Gasteiger partial charge on any atom is 0.303 e. The monoisotopic (exact) mass is 400 g/mol. The molecule has 0 aromatic carbocycles. The molecule has 27 heavy (non-hydrogen) atoms. The van der Waals surface area contributed by atoms with Gasteiger partial charge >= 0.3 is 5.97 Å². The number of carbonyl (C=O) groups is 1. The van der Waals surface area contributed by atoms with Crippen LogP contribution in [0.1, 0.15) is 71.6 Å². The normalized spacial score (nSPS) is 28.2. The zero-order valence-electron chi connectivity index (χ0n) is 16.8. The van der Waals surface area contributed by atoms with Crippen molar-refractivity contribution in [1.29, 1.82) is 0 Å². The molecule has 0 aliphatic heterocycles. The number of carboxylic acid groups (broad SMARTS) is 1. The Morgan fingerprint density at radius 3 is 2.70 bits per heavy atom. The first-order valence-electron chi connectivity index (χ1n) is 10.4. The van der Waals surface area contributed by atoms with Gasteiger partial charge in [-0.05, 0) is 43.9 Å². The molecule has 0 unspecified atom stereocenters. The number of aliphatic hydroxyl groups excluding tert-OH is 2. The molecule has 0 aromatic rings. The molecule has 0 radical (unpaired) electrons. The van der Waals surface area contributed by atoms with E-state index in [-0.39, 0.29) is 23.6 Å². The van der Waals surface area contributed by atoms with E-state index in [1.165, 1.54) is 12.8 Å². The van der Waals surface area contributed by atoms with Gasteiger partial charge in [0.2, 0.25) is 0 Å². The molecule has 3 N–H and O–H groups in total. The van der Waals surface area contributed by atoms with E-state index in [1.807, 2.05) is 24.3 Å². The molecule has 0 aromatic heterocycles. The Labute approximate surface area is 169 Å². The van der Waals surface area contributed by atoms with Gasteiger partial charge in [0, 0.05) is 17.7 Å². The highest BCUT2D eigenvalue weighted by Gasteiger charge is 2.39. The first-order valence-corrected chi connectivity index (χ1v) is 10.8. The number of rotatable bonds is 13. The van der Waals surface area contributed by atoms with Crippen molar-refractivity contribution < 1.29 is 20.1 Å². The lowest BCUT2D eigenvalue weighted by atomic mass is 9.89. The number of aliphatic hydroxyl groups is 2. The molecule has 6 atom stereocenters. The number of alkyl halides is 1. The van der Waals surface area contributed by atoms with Crippen LogP contribution >= 0.6 is 11.6 Å². The Hall–Kier alpha value is -0.840. The van der Waals surface area contributed by atoms with E-state index in [2.05, 4.69) is 13.8 Å². The number of hydrogen-bond acceptors (Lipinski definition) is 3. The maximum atomic E-state index is 10.5. The van der Waals surface area contributed by atoms with Gasteiger partial charge < -0.3 is 15.3 Å². The third-order valence-corrected chi connectivity index (χ3v) is 5.96. The minimum Gasteiger partial charge on any atom is -0.481 e. The van der Waals surface area contributed by atoms with Crippen LogP contribution in [-0.2, 0) is 4.79 Å². The molecule has 0 heterocycles. The van der Waals surface area contributed by atoms with Crippen LogP contribution in [0.3, 0.4) is 0 Å². The predicted molar refractivity (Wildman–Crippen MR) is 111 cm³/mol. The van der Waals surface area contributed by atoms with Gasteiger partial charge in [0.25, 0.3) is 0 Å². The lowest BCUT2D eigenvalue weighted by Gasteiger charge is -2.20. The average molecular weight is 401 g/mol. The van der Waals surface area contributed by atoms with Crippen molar-refractivity contribution in [3.63, 3.8) is 0 Å². The van der Waals surface area contributed by atoms with Crippen LogP contribution in [0, 0.1) is 17.8 Å². The first-order chi connectivity index (χ1) is 12.8. The van der Waals surface area contributed by atoms with Crippen LogP contribution in [0.5, 0.6) is 0 Å². The maximum absolute atomic E-state index is 10.5. The molecule has 0 bridgehead atoms. The summed E-state index contributed by atoms with van der Waals surface area (Å²) in [6.45, 7) is 4.34. The fourth-order valence-electron chi connectivity index (χ4n) is 3.83. The summed E-state index contributed by atoms with van der Waals surface area (Å²) in [4.78, 5) is 10.5. The van der Waals surface area contributed by atoms with Gasteiger partial charge in [0.05, 0.1) is 12.2 Å². The standard InChI is InChI=1S/C22H37ClO4/c1-3-4-9-16(2)14-17(24)12-13-19-18(20(23)15-21(19)25)10-7-5-6-8-11-22(26)27/h5,7,12-13,16-21,24-25H,3-4,6,8-11,14-15H2,1-2H3,(H,26,27)/b7-5-,13-12+/t16-,17+,18+,19+,20+,21+/m0/s1. The van der Waals surface area contributed by atoms with E-state index < -0.39 is 18.2 Å². The van der Waals surface area contributed by atoms with Crippen LogP contribution in [0.15, 0.2) is 24.3 Å². The minimum atomic E-state index is -0.768. The molecule has 4 nitrogen and oxygen atoms in total. The van der Waals surface area contributed by atoms with E-state index in [9.17, 15) is 15.0 Å². The van der Waals surface area contributed by atoms with Crippen LogP contribution in [0.2, 0.25) is 0 Å². The summed E-state index contributed by atoms with van der Waals surface area (Å²) in [6, 6.07) is 0. The van der Waals surface area contributed by atoms with Crippen molar-refractivity contribution in [3.8, 4) is 0 Å². The summed E-state index contributed by atoms with van der Waals surface area (Å²) >= 11 is 6.44. The smallest absolute Gasteiger partial charge is 0.303 e. The van der Waals surface area contributed by atoms with E-state index in [1.54, 1.807) is 0 Å². The molecule has 1 saturated carbocycles. The van der Waals surface area contributed by atoms with Crippen LogP contribution in [0.4, 0.5) is 0 Å². The summed E-state index contributed by atoms with van der Waals surface area (Å²) in [5.41, 5.74) is 0. The van der Waals surface area contributed by atoms with Crippen LogP contribution in [0.25, 0.3) is 0 Å². The lowest BCUT2D eigenvalue weighted by Crippen LogP contribution is -2.19. The molecule has 1 aliphatic carbocycles. The van der Waals surface area contributed by atoms with Gasteiger partial charge in [-0.3, -0.25) is 4.79 Å². The van der Waals surface area contributed by atoms with E-state index >= 15 is 0 Å². The molecule has 156 valence electrons. The second-order valence-electron chi connectivity index (χ2n) is 7.99. The van der Waals surface area contributed by atoms with Crippen molar-refractivity contribution in [2.45, 2.75) is 89.2 Å². The van der Waals surface area contributed by atoms with Crippen LogP contribution < -0.4 is 0 Å². The van der Waals surface area contributed by atoms with Gasteiger partial charge in [-0.1, -0.05) is 57.4 Å².